The highest BCUT2D eigenvalue weighted by atomic mass is 16.6. The van der Waals surface area contributed by atoms with Crippen LogP contribution in [-0.4, -0.2) is 30.7 Å². The third-order valence-corrected chi connectivity index (χ3v) is 5.12. The van der Waals surface area contributed by atoms with Crippen LogP contribution in [0.2, 0.25) is 0 Å². The predicted molar refractivity (Wildman–Crippen MR) is 120 cm³/mol. The maximum Gasteiger partial charge on any atom is 0.223 e. The second-order valence-electron chi connectivity index (χ2n) is 6.91. The summed E-state index contributed by atoms with van der Waals surface area (Å²) in [4.78, 5) is 17.0. The molecular weight excluding hydrogens is 364 g/mol. The smallest absolute Gasteiger partial charge is 0.223 e. The molecule has 29 heavy (non-hydrogen) atoms. The van der Waals surface area contributed by atoms with E-state index in [9.17, 15) is 4.79 Å². The second kappa shape index (κ2) is 10.1. The largest absolute Gasteiger partial charge is 0.395 e. The van der Waals surface area contributed by atoms with Crippen molar-refractivity contribution in [1.82, 2.24) is 9.88 Å². The summed E-state index contributed by atoms with van der Waals surface area (Å²) in [5, 5.41) is 9.90. The number of aromatic nitrogens is 1. The number of carbonyl (C=O) groups excluding carboxylic acids is 1. The van der Waals surface area contributed by atoms with Crippen molar-refractivity contribution >= 4 is 27.7 Å². The van der Waals surface area contributed by atoms with Gasteiger partial charge in [-0.1, -0.05) is 42.9 Å². The molecule has 0 bridgehead atoms. The number of hydrogen-bond acceptors (Lipinski definition) is 4. The van der Waals surface area contributed by atoms with E-state index >= 15 is 0 Å². The van der Waals surface area contributed by atoms with Crippen LogP contribution in [0.15, 0.2) is 41.6 Å². The molecule has 1 amide bonds. The molecule has 0 radical (unpaired) electrons. The Morgan fingerprint density at radius 1 is 1.17 bits per heavy atom. The third-order valence-electron chi connectivity index (χ3n) is 5.12. The molecule has 6 heteroatoms. The average Bonchev–Trinajstić information content (AvgIpc) is 2.72. The Hall–Kier alpha value is -2.86. The number of pyridine rings is 1. The van der Waals surface area contributed by atoms with Crippen LogP contribution < -0.4 is 16.4 Å². The number of benzene rings is 2. The molecule has 2 aromatic carbocycles. The van der Waals surface area contributed by atoms with Gasteiger partial charge in [0.2, 0.25) is 5.91 Å². The van der Waals surface area contributed by atoms with Crippen LogP contribution in [-0.2, 0) is 16.2 Å². The lowest BCUT2D eigenvalue weighted by Gasteiger charge is -2.18. The molecule has 0 spiro atoms. The lowest BCUT2D eigenvalue weighted by molar-refractivity contribution is -0.121. The molecule has 6 nitrogen and oxygen atoms in total. The molecule has 0 aliphatic heterocycles. The van der Waals surface area contributed by atoms with Crippen molar-refractivity contribution < 1.29 is 9.63 Å². The highest BCUT2D eigenvalue weighted by molar-refractivity contribution is 5.95. The summed E-state index contributed by atoms with van der Waals surface area (Å²) in [6.07, 6.45) is 1.17. The molecule has 0 saturated carbocycles. The zero-order valence-corrected chi connectivity index (χ0v) is 16.8. The van der Waals surface area contributed by atoms with E-state index in [-0.39, 0.29) is 26.4 Å². The minimum absolute atomic E-state index is 0. The van der Waals surface area contributed by atoms with Crippen molar-refractivity contribution in [3.05, 3.63) is 52.9 Å². The van der Waals surface area contributed by atoms with Crippen LogP contribution in [0.25, 0.3) is 21.8 Å². The first-order chi connectivity index (χ1) is 13.6. The molecule has 0 aliphatic rings. The number of nitrogens with one attached hydrogen (secondary N) is 1. The summed E-state index contributed by atoms with van der Waals surface area (Å²) >= 11 is 0. The summed E-state index contributed by atoms with van der Waals surface area (Å²) in [5.41, 5.74) is 10.5. The molecular formula is C23H32N4O2. The molecule has 3 rings (SSSR count). The zero-order chi connectivity index (χ0) is 20.1. The van der Waals surface area contributed by atoms with Crippen molar-refractivity contribution in [3.8, 4) is 0 Å². The second-order valence-corrected chi connectivity index (χ2v) is 6.91. The molecule has 1 aromatic heterocycles. The van der Waals surface area contributed by atoms with Crippen LogP contribution >= 0.6 is 0 Å². The summed E-state index contributed by atoms with van der Waals surface area (Å²) in [6, 6.07) is 12.4. The normalized spacial score (nSPS) is 11.5. The standard InChI is InChI=1S/C22H28N4O2.CH4/c1-15-9-10-18-21(25-28-14-11-20(27)24-3)17-7-4-5-8-19(17)26(13-6-12-23)22(18)16(15)2;/h4-5,7-10H,6,11-14,23H2,1-3H3,(H,24,27);1H4/b25-21+;. The number of rotatable bonds is 7. The first-order valence-electron chi connectivity index (χ1n) is 9.66. The van der Waals surface area contributed by atoms with Crippen molar-refractivity contribution in [2.75, 3.05) is 20.2 Å². The van der Waals surface area contributed by atoms with Crippen molar-refractivity contribution in [2.24, 2.45) is 10.9 Å². The van der Waals surface area contributed by atoms with Crippen molar-refractivity contribution in [2.45, 2.75) is 40.7 Å². The topological polar surface area (TPSA) is 81.6 Å². The van der Waals surface area contributed by atoms with Gasteiger partial charge in [0.05, 0.1) is 17.5 Å². The number of nitrogens with zero attached hydrogens (tertiary/aromatic N) is 2. The van der Waals surface area contributed by atoms with E-state index in [1.54, 1.807) is 7.05 Å². The minimum atomic E-state index is -0.0657. The zero-order valence-electron chi connectivity index (χ0n) is 16.8. The number of hydrogen-bond donors (Lipinski definition) is 2. The van der Waals surface area contributed by atoms with Gasteiger partial charge in [0.1, 0.15) is 12.0 Å². The minimum Gasteiger partial charge on any atom is -0.395 e. The first kappa shape index (κ1) is 22.4. The van der Waals surface area contributed by atoms with Crippen LogP contribution in [0.3, 0.4) is 0 Å². The number of para-hydroxylation sites is 1. The van der Waals surface area contributed by atoms with Crippen LogP contribution in [0.1, 0.15) is 31.4 Å². The van der Waals surface area contributed by atoms with Gasteiger partial charge in [-0.15, -0.1) is 0 Å². The Morgan fingerprint density at radius 2 is 1.93 bits per heavy atom. The number of carbonyl (C=O) groups is 1. The lowest BCUT2D eigenvalue weighted by Crippen LogP contribution is -2.19. The van der Waals surface area contributed by atoms with Gasteiger partial charge in [-0.3, -0.25) is 4.79 Å². The Bertz CT molecular complexity index is 1070. The fraction of sp³-hybridized carbons (Fsp3) is 0.391. The number of aryl methyl sites for hydroxylation is 3. The van der Waals surface area contributed by atoms with Crippen molar-refractivity contribution in [3.63, 3.8) is 0 Å². The molecule has 3 aromatic rings. The Balaban J connectivity index is 0.00000300. The maximum atomic E-state index is 11.4. The summed E-state index contributed by atoms with van der Waals surface area (Å²) in [5.74, 6) is -0.0657. The van der Waals surface area contributed by atoms with Gasteiger partial charge >= 0.3 is 0 Å². The first-order valence-corrected chi connectivity index (χ1v) is 9.66. The van der Waals surface area contributed by atoms with Crippen LogP contribution in [0, 0.1) is 13.8 Å². The third kappa shape index (κ3) is 4.59. The van der Waals surface area contributed by atoms with Gasteiger partial charge < -0.3 is 20.5 Å². The Labute approximate surface area is 172 Å². The highest BCUT2D eigenvalue weighted by Crippen LogP contribution is 2.24. The number of fused-ring (bicyclic) bond motifs is 2. The molecule has 0 fully saturated rings. The summed E-state index contributed by atoms with van der Waals surface area (Å²) in [6.45, 7) is 5.98. The molecule has 0 atom stereocenters. The molecule has 3 N–H and O–H groups in total. The van der Waals surface area contributed by atoms with Gasteiger partial charge in [0.15, 0.2) is 0 Å². The van der Waals surface area contributed by atoms with Gasteiger partial charge in [0.25, 0.3) is 0 Å². The number of nitrogens with two attached hydrogens (primary N) is 1. The summed E-state index contributed by atoms with van der Waals surface area (Å²) in [7, 11) is 1.61. The molecule has 0 saturated heterocycles. The van der Waals surface area contributed by atoms with E-state index in [0.29, 0.717) is 6.54 Å². The fourth-order valence-corrected chi connectivity index (χ4v) is 3.47. The van der Waals surface area contributed by atoms with Gasteiger partial charge in [0, 0.05) is 24.4 Å². The monoisotopic (exact) mass is 396 g/mol. The van der Waals surface area contributed by atoms with E-state index < -0.39 is 0 Å². The van der Waals surface area contributed by atoms with E-state index in [2.05, 4.69) is 53.2 Å². The fourth-order valence-electron chi connectivity index (χ4n) is 3.47. The Kier molecular flexibility index (Phi) is 7.79. The summed E-state index contributed by atoms with van der Waals surface area (Å²) < 4.78 is 2.34. The Morgan fingerprint density at radius 3 is 2.66 bits per heavy atom. The van der Waals surface area contributed by atoms with E-state index in [1.807, 2.05) is 12.1 Å². The van der Waals surface area contributed by atoms with Gasteiger partial charge in [-0.05, 0) is 44.0 Å². The lowest BCUT2D eigenvalue weighted by atomic mass is 10.0. The SMILES string of the molecule is C.CNC(=O)CCO/N=c1\c2ccccc2n(CCCN)c2c(C)c(C)ccc12. The van der Waals surface area contributed by atoms with Crippen LogP contribution in [0.4, 0.5) is 0 Å². The molecule has 156 valence electrons. The molecule has 0 unspecified atom stereocenters. The van der Waals surface area contributed by atoms with E-state index in [4.69, 9.17) is 10.6 Å². The number of amides is 1. The molecule has 1 heterocycles. The average molecular weight is 397 g/mol. The van der Waals surface area contributed by atoms with Gasteiger partial charge in [-0.25, -0.2) is 0 Å². The van der Waals surface area contributed by atoms with E-state index in [0.717, 1.165) is 40.1 Å². The predicted octanol–water partition coefficient (Wildman–Crippen LogP) is 3.36. The highest BCUT2D eigenvalue weighted by Gasteiger charge is 2.13. The van der Waals surface area contributed by atoms with Crippen LogP contribution in [0.5, 0.6) is 0 Å². The maximum absolute atomic E-state index is 11.4. The van der Waals surface area contributed by atoms with E-state index in [1.165, 1.54) is 11.1 Å². The van der Waals surface area contributed by atoms with Gasteiger partial charge in [-0.2, -0.15) is 0 Å². The quantitative estimate of drug-likeness (QED) is 0.365. The molecule has 0 aliphatic carbocycles. The van der Waals surface area contributed by atoms with Crippen molar-refractivity contribution in [1.29, 1.82) is 0 Å².